The zero-order valence-electron chi connectivity index (χ0n) is 15.8. The van der Waals surface area contributed by atoms with Crippen LogP contribution in [0.5, 0.6) is 17.4 Å². The first-order chi connectivity index (χ1) is 13.8. The van der Waals surface area contributed by atoms with Gasteiger partial charge in [-0.3, -0.25) is 0 Å². The molecule has 3 aromatic carbocycles. The lowest BCUT2D eigenvalue weighted by Gasteiger charge is -2.11. The molecule has 4 aromatic rings. The third-order valence-corrected chi connectivity index (χ3v) is 4.53. The number of hydrogen-bond donors (Lipinski definition) is 0. The van der Waals surface area contributed by atoms with Gasteiger partial charge in [-0.25, -0.2) is 9.97 Å². The predicted octanol–water partition coefficient (Wildman–Crippen LogP) is 4.89. The maximum Gasteiger partial charge on any atom is 0.224 e. The Morgan fingerprint density at radius 3 is 2.29 bits per heavy atom. The lowest BCUT2D eigenvalue weighted by atomic mass is 10.0. The van der Waals surface area contributed by atoms with Crippen LogP contribution in [-0.2, 0) is 6.61 Å². The molecule has 140 valence electrons. The fourth-order valence-electron chi connectivity index (χ4n) is 3.07. The van der Waals surface area contributed by atoms with E-state index in [9.17, 15) is 0 Å². The van der Waals surface area contributed by atoms with Crippen molar-refractivity contribution in [3.05, 3.63) is 78.6 Å². The average molecular weight is 372 g/mol. The van der Waals surface area contributed by atoms with Crippen molar-refractivity contribution in [2.24, 2.45) is 0 Å². The molecule has 4 rings (SSSR count). The van der Waals surface area contributed by atoms with Gasteiger partial charge in [0, 0.05) is 0 Å². The van der Waals surface area contributed by atoms with Gasteiger partial charge in [-0.2, -0.15) is 0 Å². The summed E-state index contributed by atoms with van der Waals surface area (Å²) in [6, 6.07) is 21.9. The van der Waals surface area contributed by atoms with Crippen LogP contribution in [0.1, 0.15) is 5.56 Å². The number of methoxy groups -OCH3 is 2. The maximum absolute atomic E-state index is 5.98. The van der Waals surface area contributed by atoms with E-state index in [-0.39, 0.29) is 0 Å². The second kappa shape index (κ2) is 7.96. The third kappa shape index (κ3) is 3.60. The smallest absolute Gasteiger partial charge is 0.224 e. The Hall–Kier alpha value is -3.60. The van der Waals surface area contributed by atoms with E-state index in [1.165, 1.54) is 6.33 Å². The molecule has 1 aromatic heterocycles. The van der Waals surface area contributed by atoms with Gasteiger partial charge < -0.3 is 14.2 Å². The number of benzene rings is 3. The van der Waals surface area contributed by atoms with Crippen LogP contribution in [0, 0.1) is 0 Å². The monoisotopic (exact) mass is 372 g/mol. The third-order valence-electron chi connectivity index (χ3n) is 4.53. The lowest BCUT2D eigenvalue weighted by Crippen LogP contribution is -1.98. The summed E-state index contributed by atoms with van der Waals surface area (Å²) in [6.07, 6.45) is 1.53. The van der Waals surface area contributed by atoms with Crippen molar-refractivity contribution >= 4 is 10.9 Å². The SMILES string of the molecule is COc1ccc(-c2ccc3ncnc(OCc4ccccc4)c3c2)cc1OC. The van der Waals surface area contributed by atoms with Crippen molar-refractivity contribution < 1.29 is 14.2 Å². The van der Waals surface area contributed by atoms with Crippen LogP contribution in [0.25, 0.3) is 22.0 Å². The quantitative estimate of drug-likeness (QED) is 0.482. The topological polar surface area (TPSA) is 53.5 Å². The van der Waals surface area contributed by atoms with Crippen LogP contribution in [-0.4, -0.2) is 24.2 Å². The van der Waals surface area contributed by atoms with E-state index in [0.717, 1.165) is 27.6 Å². The van der Waals surface area contributed by atoms with Crippen LogP contribution in [0.15, 0.2) is 73.1 Å². The zero-order chi connectivity index (χ0) is 19.3. The molecule has 0 saturated heterocycles. The Morgan fingerprint density at radius 2 is 1.50 bits per heavy atom. The maximum atomic E-state index is 5.98. The molecule has 0 atom stereocenters. The number of rotatable bonds is 6. The van der Waals surface area contributed by atoms with Crippen molar-refractivity contribution in [1.82, 2.24) is 9.97 Å². The molecule has 0 N–H and O–H groups in total. The van der Waals surface area contributed by atoms with Gasteiger partial charge in [-0.05, 0) is 41.0 Å². The first kappa shape index (κ1) is 17.8. The van der Waals surface area contributed by atoms with Crippen LogP contribution in [0.3, 0.4) is 0 Å². The minimum Gasteiger partial charge on any atom is -0.493 e. The van der Waals surface area contributed by atoms with E-state index in [1.807, 2.05) is 66.7 Å². The van der Waals surface area contributed by atoms with Gasteiger partial charge in [0.05, 0.1) is 25.1 Å². The minimum absolute atomic E-state index is 0.452. The Bertz CT molecular complexity index is 1100. The fourth-order valence-corrected chi connectivity index (χ4v) is 3.07. The largest absolute Gasteiger partial charge is 0.493 e. The van der Waals surface area contributed by atoms with E-state index in [2.05, 4.69) is 9.97 Å². The second-order valence-corrected chi connectivity index (χ2v) is 6.25. The summed E-state index contributed by atoms with van der Waals surface area (Å²) in [5.41, 5.74) is 3.96. The van der Waals surface area contributed by atoms with Gasteiger partial charge in [0.25, 0.3) is 0 Å². The van der Waals surface area contributed by atoms with E-state index in [1.54, 1.807) is 14.2 Å². The van der Waals surface area contributed by atoms with Gasteiger partial charge in [0.15, 0.2) is 11.5 Å². The molecule has 0 aliphatic rings. The summed E-state index contributed by atoms with van der Waals surface area (Å²) in [7, 11) is 3.26. The molecule has 28 heavy (non-hydrogen) atoms. The van der Waals surface area contributed by atoms with Crippen molar-refractivity contribution in [1.29, 1.82) is 0 Å². The predicted molar refractivity (Wildman–Crippen MR) is 109 cm³/mol. The van der Waals surface area contributed by atoms with Crippen LogP contribution >= 0.6 is 0 Å². The molecular weight excluding hydrogens is 352 g/mol. The van der Waals surface area contributed by atoms with E-state index >= 15 is 0 Å². The molecule has 5 heteroatoms. The molecule has 0 aliphatic heterocycles. The van der Waals surface area contributed by atoms with Crippen molar-refractivity contribution in [2.75, 3.05) is 14.2 Å². The van der Waals surface area contributed by atoms with Gasteiger partial charge in [-0.15, -0.1) is 0 Å². The van der Waals surface area contributed by atoms with Crippen molar-refractivity contribution in [2.45, 2.75) is 6.61 Å². The Morgan fingerprint density at radius 1 is 0.750 bits per heavy atom. The summed E-state index contributed by atoms with van der Waals surface area (Å²) in [5, 5.41) is 0.866. The molecule has 5 nitrogen and oxygen atoms in total. The first-order valence-corrected chi connectivity index (χ1v) is 8.92. The summed E-state index contributed by atoms with van der Waals surface area (Å²) in [6.45, 7) is 0.452. The molecule has 0 spiro atoms. The molecule has 0 bridgehead atoms. The number of aromatic nitrogens is 2. The zero-order valence-corrected chi connectivity index (χ0v) is 15.8. The van der Waals surface area contributed by atoms with Crippen molar-refractivity contribution in [3.8, 4) is 28.5 Å². The Labute approximate surface area is 163 Å². The highest BCUT2D eigenvalue weighted by molar-refractivity contribution is 5.88. The number of nitrogens with zero attached hydrogens (tertiary/aromatic N) is 2. The number of hydrogen-bond acceptors (Lipinski definition) is 5. The first-order valence-electron chi connectivity index (χ1n) is 8.92. The second-order valence-electron chi connectivity index (χ2n) is 6.25. The average Bonchev–Trinajstić information content (AvgIpc) is 2.77. The van der Waals surface area contributed by atoms with Crippen molar-refractivity contribution in [3.63, 3.8) is 0 Å². The van der Waals surface area contributed by atoms with Crippen LogP contribution in [0.4, 0.5) is 0 Å². The van der Waals surface area contributed by atoms with E-state index < -0.39 is 0 Å². The number of ether oxygens (including phenoxy) is 3. The van der Waals surface area contributed by atoms with Gasteiger partial charge in [-0.1, -0.05) is 42.5 Å². The molecule has 0 unspecified atom stereocenters. The standard InChI is InChI=1S/C23H20N2O3/c1-26-21-11-9-18(13-22(21)27-2)17-8-10-20-19(12-17)23(25-15-24-20)28-14-16-6-4-3-5-7-16/h3-13,15H,14H2,1-2H3. The highest BCUT2D eigenvalue weighted by atomic mass is 16.5. The molecule has 0 aliphatic carbocycles. The molecule has 0 saturated carbocycles. The van der Waals surface area contributed by atoms with E-state index in [0.29, 0.717) is 24.0 Å². The molecule has 1 heterocycles. The van der Waals surface area contributed by atoms with Gasteiger partial charge >= 0.3 is 0 Å². The summed E-state index contributed by atoms with van der Waals surface area (Å²) >= 11 is 0. The van der Waals surface area contributed by atoms with Gasteiger partial charge in [0.2, 0.25) is 5.88 Å². The van der Waals surface area contributed by atoms with Gasteiger partial charge in [0.1, 0.15) is 12.9 Å². The summed E-state index contributed by atoms with van der Waals surface area (Å²) in [5.74, 6) is 1.95. The highest BCUT2D eigenvalue weighted by Crippen LogP contribution is 2.34. The minimum atomic E-state index is 0.452. The summed E-state index contributed by atoms with van der Waals surface area (Å²) < 4.78 is 16.7. The highest BCUT2D eigenvalue weighted by Gasteiger charge is 2.10. The fraction of sp³-hybridized carbons (Fsp3) is 0.130. The molecule has 0 fully saturated rings. The van der Waals surface area contributed by atoms with E-state index in [4.69, 9.17) is 14.2 Å². The Kier molecular flexibility index (Phi) is 5.06. The van der Waals surface area contributed by atoms with Crippen LogP contribution in [0.2, 0.25) is 0 Å². The van der Waals surface area contributed by atoms with Crippen LogP contribution < -0.4 is 14.2 Å². The molecule has 0 amide bonds. The summed E-state index contributed by atoms with van der Waals surface area (Å²) in [4.78, 5) is 8.70. The molecule has 0 radical (unpaired) electrons. The molecular formula is C23H20N2O3. The lowest BCUT2D eigenvalue weighted by molar-refractivity contribution is 0.297. The normalized spacial score (nSPS) is 10.6. The number of fused-ring (bicyclic) bond motifs is 1. The Balaban J connectivity index is 1.70.